The first kappa shape index (κ1) is 11.6. The Morgan fingerprint density at radius 2 is 1.53 bits per heavy atom. The molecule has 88 valence electrons. The predicted molar refractivity (Wildman–Crippen MR) is 60.3 cm³/mol. The van der Waals surface area contributed by atoms with Gasteiger partial charge in [0.2, 0.25) is 0 Å². The predicted octanol–water partition coefficient (Wildman–Crippen LogP) is 1.71. The van der Waals surface area contributed by atoms with Gasteiger partial charge in [0.1, 0.15) is 0 Å². The van der Waals surface area contributed by atoms with Crippen molar-refractivity contribution in [2.45, 2.75) is 37.9 Å². The Balaban J connectivity index is 0.000000853. The van der Waals surface area contributed by atoms with E-state index in [-0.39, 0.29) is 18.2 Å². The second-order valence-electron chi connectivity index (χ2n) is 5.06. The van der Waals surface area contributed by atoms with E-state index in [0.29, 0.717) is 5.41 Å². The van der Waals surface area contributed by atoms with Crippen molar-refractivity contribution >= 4 is 12.4 Å². The fraction of sp³-hybridized carbons (Fsp3) is 1.00. The lowest BCUT2D eigenvalue weighted by Crippen LogP contribution is -2.59. The summed E-state index contributed by atoms with van der Waals surface area (Å²) in [5.74, 6) is -0.157. The number of rotatable bonds is 0. The van der Waals surface area contributed by atoms with Crippen LogP contribution in [0, 0.1) is 5.41 Å². The highest BCUT2D eigenvalue weighted by atomic mass is 35.5. The lowest BCUT2D eigenvalue weighted by Gasteiger charge is -2.58. The standard InChI is InChI=1S/C11H19NO2.ClH/c1-6-13-11(14-7-1)8-10(9-11)2-4-12-5-3-10;/h12H,1-9H2;1H. The van der Waals surface area contributed by atoms with E-state index < -0.39 is 0 Å². The van der Waals surface area contributed by atoms with Crippen LogP contribution in [0.15, 0.2) is 0 Å². The summed E-state index contributed by atoms with van der Waals surface area (Å²) in [6.45, 7) is 4.15. The zero-order chi connectivity index (χ0) is 9.49. The van der Waals surface area contributed by atoms with Gasteiger partial charge in [-0.1, -0.05) is 0 Å². The minimum absolute atomic E-state index is 0. The van der Waals surface area contributed by atoms with Gasteiger partial charge in [-0.05, 0) is 37.8 Å². The molecule has 0 bridgehead atoms. The highest BCUT2D eigenvalue weighted by Crippen LogP contribution is 2.56. The van der Waals surface area contributed by atoms with Crippen molar-refractivity contribution in [3.05, 3.63) is 0 Å². The molecule has 1 aliphatic carbocycles. The molecule has 0 unspecified atom stereocenters. The van der Waals surface area contributed by atoms with Gasteiger partial charge in [0.25, 0.3) is 0 Å². The maximum atomic E-state index is 5.79. The summed E-state index contributed by atoms with van der Waals surface area (Å²) in [4.78, 5) is 0. The summed E-state index contributed by atoms with van der Waals surface area (Å²) in [6.07, 6.45) is 5.96. The molecule has 0 radical (unpaired) electrons. The maximum absolute atomic E-state index is 5.79. The molecule has 0 aromatic carbocycles. The van der Waals surface area contributed by atoms with E-state index >= 15 is 0 Å². The van der Waals surface area contributed by atoms with Crippen LogP contribution in [-0.2, 0) is 9.47 Å². The van der Waals surface area contributed by atoms with Crippen molar-refractivity contribution in [3.8, 4) is 0 Å². The van der Waals surface area contributed by atoms with Crippen LogP contribution in [0.25, 0.3) is 0 Å². The third-order valence-electron chi connectivity index (χ3n) is 3.97. The normalized spacial score (nSPS) is 32.0. The van der Waals surface area contributed by atoms with Gasteiger partial charge in [0.15, 0.2) is 5.79 Å². The van der Waals surface area contributed by atoms with Gasteiger partial charge in [0.05, 0.1) is 13.2 Å². The number of hydrogen-bond acceptors (Lipinski definition) is 3. The van der Waals surface area contributed by atoms with Crippen LogP contribution in [0.3, 0.4) is 0 Å². The van der Waals surface area contributed by atoms with E-state index in [4.69, 9.17) is 9.47 Å². The lowest BCUT2D eigenvalue weighted by molar-refractivity contribution is -0.343. The van der Waals surface area contributed by atoms with Crippen molar-refractivity contribution in [2.24, 2.45) is 5.41 Å². The zero-order valence-corrected chi connectivity index (χ0v) is 9.91. The first-order valence-corrected chi connectivity index (χ1v) is 5.81. The Labute approximate surface area is 97.3 Å². The third kappa shape index (κ3) is 2.03. The Morgan fingerprint density at radius 1 is 0.933 bits per heavy atom. The lowest BCUT2D eigenvalue weighted by atomic mass is 9.59. The number of halogens is 1. The van der Waals surface area contributed by atoms with Crippen molar-refractivity contribution in [1.82, 2.24) is 5.32 Å². The van der Waals surface area contributed by atoms with Crippen LogP contribution in [0.1, 0.15) is 32.1 Å². The van der Waals surface area contributed by atoms with E-state index in [1.54, 1.807) is 0 Å². The Kier molecular flexibility index (Phi) is 3.27. The van der Waals surface area contributed by atoms with Gasteiger partial charge in [-0.3, -0.25) is 0 Å². The maximum Gasteiger partial charge on any atom is 0.169 e. The molecule has 2 heterocycles. The van der Waals surface area contributed by atoms with Crippen LogP contribution in [-0.4, -0.2) is 32.1 Å². The molecule has 0 amide bonds. The Morgan fingerprint density at radius 3 is 2.13 bits per heavy atom. The molecule has 0 atom stereocenters. The van der Waals surface area contributed by atoms with Crippen LogP contribution in [0.2, 0.25) is 0 Å². The van der Waals surface area contributed by atoms with Crippen LogP contribution >= 0.6 is 12.4 Å². The summed E-state index contributed by atoms with van der Waals surface area (Å²) in [5, 5.41) is 3.42. The van der Waals surface area contributed by atoms with Gasteiger partial charge >= 0.3 is 0 Å². The molecule has 3 rings (SSSR count). The highest BCUT2D eigenvalue weighted by Gasteiger charge is 2.57. The molecule has 4 heteroatoms. The zero-order valence-electron chi connectivity index (χ0n) is 9.09. The molecule has 1 N–H and O–H groups in total. The molecule has 3 nitrogen and oxygen atoms in total. The van der Waals surface area contributed by atoms with Gasteiger partial charge < -0.3 is 14.8 Å². The molecule has 0 aromatic heterocycles. The van der Waals surface area contributed by atoms with E-state index in [9.17, 15) is 0 Å². The highest BCUT2D eigenvalue weighted by molar-refractivity contribution is 5.85. The van der Waals surface area contributed by atoms with Crippen molar-refractivity contribution in [2.75, 3.05) is 26.3 Å². The second-order valence-corrected chi connectivity index (χ2v) is 5.06. The summed E-state index contributed by atoms with van der Waals surface area (Å²) in [5.41, 5.74) is 0.558. The molecule has 2 saturated heterocycles. The number of ether oxygens (including phenoxy) is 2. The topological polar surface area (TPSA) is 30.5 Å². The number of piperidine rings is 1. The molecule has 3 fully saturated rings. The van der Waals surface area contributed by atoms with Gasteiger partial charge in [-0.2, -0.15) is 0 Å². The van der Waals surface area contributed by atoms with Crippen LogP contribution < -0.4 is 5.32 Å². The molecule has 2 spiro atoms. The van der Waals surface area contributed by atoms with Crippen LogP contribution in [0.4, 0.5) is 0 Å². The monoisotopic (exact) mass is 233 g/mol. The fourth-order valence-electron chi connectivity index (χ4n) is 3.22. The van der Waals surface area contributed by atoms with E-state index in [1.165, 1.54) is 25.9 Å². The number of nitrogens with one attached hydrogen (secondary N) is 1. The molecular formula is C11H20ClNO2. The van der Waals surface area contributed by atoms with E-state index in [1.807, 2.05) is 0 Å². The summed E-state index contributed by atoms with van der Waals surface area (Å²) in [7, 11) is 0. The molecule has 0 aromatic rings. The van der Waals surface area contributed by atoms with E-state index in [0.717, 1.165) is 32.5 Å². The minimum atomic E-state index is -0.157. The van der Waals surface area contributed by atoms with Crippen molar-refractivity contribution in [3.63, 3.8) is 0 Å². The average molecular weight is 234 g/mol. The summed E-state index contributed by atoms with van der Waals surface area (Å²) >= 11 is 0. The molecule has 3 aliphatic rings. The van der Waals surface area contributed by atoms with Crippen molar-refractivity contribution in [1.29, 1.82) is 0 Å². The quantitative estimate of drug-likeness (QED) is 0.691. The average Bonchev–Trinajstić information content (AvgIpc) is 2.18. The molecule has 2 aliphatic heterocycles. The largest absolute Gasteiger partial charge is 0.350 e. The summed E-state index contributed by atoms with van der Waals surface area (Å²) in [6, 6.07) is 0. The molecule has 1 saturated carbocycles. The van der Waals surface area contributed by atoms with Gasteiger partial charge in [-0.15, -0.1) is 12.4 Å². The Hall–Kier alpha value is 0.170. The minimum Gasteiger partial charge on any atom is -0.350 e. The molecule has 15 heavy (non-hydrogen) atoms. The summed E-state index contributed by atoms with van der Waals surface area (Å²) < 4.78 is 11.6. The third-order valence-corrected chi connectivity index (χ3v) is 3.97. The van der Waals surface area contributed by atoms with Crippen LogP contribution in [0.5, 0.6) is 0 Å². The first-order chi connectivity index (χ1) is 6.83. The van der Waals surface area contributed by atoms with Gasteiger partial charge in [-0.25, -0.2) is 0 Å². The second kappa shape index (κ2) is 4.21. The van der Waals surface area contributed by atoms with Crippen molar-refractivity contribution < 1.29 is 9.47 Å². The molecular weight excluding hydrogens is 214 g/mol. The smallest absolute Gasteiger partial charge is 0.169 e. The van der Waals surface area contributed by atoms with Gasteiger partial charge in [0, 0.05) is 12.8 Å². The van der Waals surface area contributed by atoms with E-state index in [2.05, 4.69) is 5.32 Å². The Bertz CT molecular complexity index is 191. The SMILES string of the molecule is C1COC2(CC3(CCNCC3)C2)OC1.Cl. The number of hydrogen-bond donors (Lipinski definition) is 1. The first-order valence-electron chi connectivity index (χ1n) is 5.81. The fourth-order valence-corrected chi connectivity index (χ4v) is 3.22.